The first-order valence-corrected chi connectivity index (χ1v) is 13.0. The second-order valence-corrected chi connectivity index (χ2v) is 10.7. The van der Waals surface area contributed by atoms with Crippen molar-refractivity contribution in [2.45, 2.75) is 37.4 Å². The van der Waals surface area contributed by atoms with Gasteiger partial charge in [-0.3, -0.25) is 4.79 Å². The Kier molecular flexibility index (Phi) is 7.29. The summed E-state index contributed by atoms with van der Waals surface area (Å²) < 4.78 is 6.31. The number of aromatic nitrogens is 2. The maximum absolute atomic E-state index is 12.5. The van der Waals surface area contributed by atoms with Gasteiger partial charge >= 0.3 is 0 Å². The topological polar surface area (TPSA) is 99.9 Å². The maximum Gasteiger partial charge on any atom is 0.235 e. The molecule has 0 saturated heterocycles. The molecule has 3 aromatic rings. The highest BCUT2D eigenvalue weighted by molar-refractivity contribution is 8.01. The molecule has 0 radical (unpaired) electrons. The molecule has 1 aromatic carbocycles. The number of amides is 1. The Balaban J connectivity index is 1.35. The lowest BCUT2D eigenvalue weighted by atomic mass is 9.89. The second kappa shape index (κ2) is 10.3. The minimum atomic E-state index is -0.149. The number of carbonyl (C=O) groups excluding carboxylic acids is 1. The molecule has 1 unspecified atom stereocenters. The largest absolute Gasteiger partial charge is 0.492 e. The van der Waals surface area contributed by atoms with Gasteiger partial charge in [0.2, 0.25) is 11.0 Å². The molecule has 0 saturated carbocycles. The molecule has 7 nitrogen and oxygen atoms in total. The first-order valence-electron chi connectivity index (χ1n) is 10.4. The van der Waals surface area contributed by atoms with E-state index in [1.54, 1.807) is 0 Å². The van der Waals surface area contributed by atoms with Crippen LogP contribution in [0.4, 0.5) is 15.8 Å². The molecule has 1 amide bonds. The fourth-order valence-electron chi connectivity index (χ4n) is 3.53. The number of para-hydroxylation sites is 2. The van der Waals surface area contributed by atoms with E-state index in [9.17, 15) is 10.1 Å². The lowest BCUT2D eigenvalue weighted by molar-refractivity contribution is -0.113. The number of benzene rings is 1. The fraction of sp³-hybridized carbons (Fsp3) is 0.364. The normalized spacial score (nSPS) is 15.0. The Labute approximate surface area is 199 Å². The molecular formula is C22H23N5O2S3. The number of ether oxygens (including phenoxy) is 1. The predicted octanol–water partition coefficient (Wildman–Crippen LogP) is 5.47. The number of thioether (sulfide) groups is 1. The molecule has 0 aliphatic heterocycles. The van der Waals surface area contributed by atoms with Crippen LogP contribution in [-0.4, -0.2) is 28.5 Å². The number of hydrogen-bond donors (Lipinski definition) is 2. The highest BCUT2D eigenvalue weighted by Gasteiger charge is 2.24. The molecule has 0 bridgehead atoms. The van der Waals surface area contributed by atoms with Crippen LogP contribution in [0.5, 0.6) is 5.75 Å². The number of thiophene rings is 1. The maximum atomic E-state index is 12.5. The van der Waals surface area contributed by atoms with Gasteiger partial charge in [-0.15, -0.1) is 21.5 Å². The smallest absolute Gasteiger partial charge is 0.235 e. The summed E-state index contributed by atoms with van der Waals surface area (Å²) >= 11 is 4.24. The molecule has 10 heteroatoms. The molecule has 1 aliphatic rings. The van der Waals surface area contributed by atoms with Gasteiger partial charge in [-0.25, -0.2) is 0 Å². The molecule has 2 aromatic heterocycles. The monoisotopic (exact) mass is 485 g/mol. The first-order chi connectivity index (χ1) is 15.6. The van der Waals surface area contributed by atoms with Crippen molar-refractivity contribution in [2.75, 3.05) is 23.0 Å². The lowest BCUT2D eigenvalue weighted by Gasteiger charge is -2.17. The number of nitrogens with one attached hydrogen (secondary N) is 2. The van der Waals surface area contributed by atoms with Crippen molar-refractivity contribution in [3.8, 4) is 11.8 Å². The van der Waals surface area contributed by atoms with Crippen molar-refractivity contribution in [1.82, 2.24) is 10.2 Å². The third-order valence-corrected chi connectivity index (χ3v) is 8.18. The van der Waals surface area contributed by atoms with Gasteiger partial charge < -0.3 is 15.4 Å². The summed E-state index contributed by atoms with van der Waals surface area (Å²) in [6.07, 6.45) is 2.98. The third kappa shape index (κ3) is 5.23. The van der Waals surface area contributed by atoms with Crippen LogP contribution in [-0.2, 0) is 17.6 Å². The van der Waals surface area contributed by atoms with Gasteiger partial charge in [0.1, 0.15) is 16.8 Å². The van der Waals surface area contributed by atoms with Gasteiger partial charge in [-0.05, 0) is 49.8 Å². The van der Waals surface area contributed by atoms with Crippen LogP contribution in [0.1, 0.15) is 36.3 Å². The molecular weight excluding hydrogens is 462 g/mol. The molecule has 4 rings (SSSR count). The van der Waals surface area contributed by atoms with E-state index in [-0.39, 0.29) is 11.7 Å². The molecule has 166 valence electrons. The summed E-state index contributed by atoms with van der Waals surface area (Å²) in [4.78, 5) is 13.8. The van der Waals surface area contributed by atoms with Crippen molar-refractivity contribution >= 4 is 56.2 Å². The Hall–Kier alpha value is -2.61. The highest BCUT2D eigenvalue weighted by Crippen LogP contribution is 2.39. The lowest BCUT2D eigenvalue weighted by Crippen LogP contribution is -2.14. The quantitative estimate of drug-likeness (QED) is 0.408. The van der Waals surface area contributed by atoms with E-state index in [1.165, 1.54) is 39.3 Å². The molecule has 0 fully saturated rings. The number of fused-ring (bicyclic) bond motifs is 1. The van der Waals surface area contributed by atoms with Gasteiger partial charge in [-0.2, -0.15) is 5.26 Å². The van der Waals surface area contributed by atoms with Crippen molar-refractivity contribution in [2.24, 2.45) is 5.92 Å². The van der Waals surface area contributed by atoms with Crippen LogP contribution in [0.25, 0.3) is 0 Å². The first kappa shape index (κ1) is 22.6. The van der Waals surface area contributed by atoms with Gasteiger partial charge in [0.05, 0.1) is 23.6 Å². The van der Waals surface area contributed by atoms with E-state index in [4.69, 9.17) is 4.74 Å². The number of carbonyl (C=O) groups is 1. The number of hydrogen-bond acceptors (Lipinski definition) is 9. The average Bonchev–Trinajstić information content (AvgIpc) is 3.37. The van der Waals surface area contributed by atoms with Crippen molar-refractivity contribution in [3.05, 3.63) is 40.3 Å². The predicted molar refractivity (Wildman–Crippen MR) is 130 cm³/mol. The van der Waals surface area contributed by atoms with E-state index in [0.29, 0.717) is 32.6 Å². The zero-order valence-corrected chi connectivity index (χ0v) is 20.3. The summed E-state index contributed by atoms with van der Waals surface area (Å²) in [5.74, 6) is 1.42. The minimum absolute atomic E-state index is 0.149. The van der Waals surface area contributed by atoms with Gasteiger partial charge in [0.15, 0.2) is 4.34 Å². The fourth-order valence-corrected chi connectivity index (χ4v) is 6.47. The summed E-state index contributed by atoms with van der Waals surface area (Å²) in [7, 11) is 0. The van der Waals surface area contributed by atoms with E-state index in [0.717, 1.165) is 36.3 Å². The number of rotatable bonds is 8. The number of nitriles is 1. The molecule has 2 heterocycles. The summed E-state index contributed by atoms with van der Waals surface area (Å²) in [5.41, 5.74) is 2.57. The molecule has 1 aliphatic carbocycles. The standard InChI is InChI=1S/C22H23N5O2S3/c1-3-29-17-7-5-4-6-16(17)24-21-26-27-22(32-21)30-12-19(28)25-20-15(11-23)14-9-8-13(2)10-18(14)31-20/h4-7,13H,3,8-10,12H2,1-2H3,(H,24,26)(H,25,28). The second-order valence-electron chi connectivity index (χ2n) is 7.43. The molecule has 32 heavy (non-hydrogen) atoms. The molecule has 1 atom stereocenters. The Morgan fingerprint density at radius 1 is 1.34 bits per heavy atom. The number of nitrogens with zero attached hydrogens (tertiary/aromatic N) is 3. The van der Waals surface area contributed by atoms with Crippen molar-refractivity contribution in [3.63, 3.8) is 0 Å². The van der Waals surface area contributed by atoms with Gasteiger partial charge in [0.25, 0.3) is 0 Å². The van der Waals surface area contributed by atoms with E-state index < -0.39 is 0 Å². The minimum Gasteiger partial charge on any atom is -0.492 e. The number of anilines is 3. The van der Waals surface area contributed by atoms with Crippen molar-refractivity contribution < 1.29 is 9.53 Å². The van der Waals surface area contributed by atoms with Crippen LogP contribution in [0.15, 0.2) is 28.6 Å². The Bertz CT molecular complexity index is 1150. The van der Waals surface area contributed by atoms with E-state index in [2.05, 4.69) is 33.8 Å². The molecule has 0 spiro atoms. The molecule has 2 N–H and O–H groups in total. The Morgan fingerprint density at radius 2 is 2.19 bits per heavy atom. The zero-order valence-electron chi connectivity index (χ0n) is 17.8. The van der Waals surface area contributed by atoms with E-state index >= 15 is 0 Å². The highest BCUT2D eigenvalue weighted by atomic mass is 32.2. The van der Waals surface area contributed by atoms with Crippen LogP contribution in [0.3, 0.4) is 0 Å². The van der Waals surface area contributed by atoms with Gasteiger partial charge in [0, 0.05) is 4.88 Å². The van der Waals surface area contributed by atoms with Crippen LogP contribution >= 0.6 is 34.4 Å². The van der Waals surface area contributed by atoms with Crippen LogP contribution in [0.2, 0.25) is 0 Å². The van der Waals surface area contributed by atoms with Crippen molar-refractivity contribution in [1.29, 1.82) is 5.26 Å². The summed E-state index contributed by atoms with van der Waals surface area (Å²) in [6, 6.07) is 9.94. The Morgan fingerprint density at radius 3 is 3.00 bits per heavy atom. The van der Waals surface area contributed by atoms with Crippen LogP contribution in [0, 0.1) is 17.2 Å². The summed E-state index contributed by atoms with van der Waals surface area (Å²) in [6.45, 7) is 4.74. The van der Waals surface area contributed by atoms with Crippen LogP contribution < -0.4 is 15.4 Å². The summed E-state index contributed by atoms with van der Waals surface area (Å²) in [5, 5.41) is 25.4. The van der Waals surface area contributed by atoms with Gasteiger partial charge in [-0.1, -0.05) is 42.2 Å². The SMILES string of the molecule is CCOc1ccccc1Nc1nnc(SCC(=O)Nc2sc3c(c2C#N)CCC(C)C3)s1. The third-order valence-electron chi connectivity index (χ3n) is 5.04. The average molecular weight is 486 g/mol. The van der Waals surface area contributed by atoms with E-state index in [1.807, 2.05) is 31.2 Å². The zero-order chi connectivity index (χ0) is 22.5.